The lowest BCUT2D eigenvalue weighted by Crippen LogP contribution is -2.54. The van der Waals surface area contributed by atoms with Crippen molar-refractivity contribution in [1.29, 1.82) is 0 Å². The van der Waals surface area contributed by atoms with E-state index in [1.165, 1.54) is 23.3 Å². The van der Waals surface area contributed by atoms with E-state index in [1.54, 1.807) is 6.07 Å². The number of halogens is 3. The van der Waals surface area contributed by atoms with Crippen LogP contribution in [0.1, 0.15) is 45.5 Å². The lowest BCUT2D eigenvalue weighted by molar-refractivity contribution is -0.141. The van der Waals surface area contributed by atoms with Crippen molar-refractivity contribution in [2.24, 2.45) is 0 Å². The average molecular weight is 488 g/mol. The van der Waals surface area contributed by atoms with E-state index in [2.05, 4.69) is 29.2 Å². The zero-order valence-corrected chi connectivity index (χ0v) is 20.0. The number of hydrogen-bond acceptors (Lipinski definition) is 2. The molecule has 36 heavy (non-hydrogen) atoms. The molecule has 0 radical (unpaired) electrons. The first-order valence-corrected chi connectivity index (χ1v) is 12.1. The van der Waals surface area contributed by atoms with Crippen LogP contribution in [-0.4, -0.2) is 24.1 Å². The SMILES string of the molecule is Cc1ccc(C(OC2CN(C(c3ccccc3)c3ccccc3)C2)c2ccccc2C(F)(F)F)cc1. The second-order valence-corrected chi connectivity index (χ2v) is 9.31. The van der Waals surface area contributed by atoms with Crippen molar-refractivity contribution < 1.29 is 17.9 Å². The van der Waals surface area contributed by atoms with Crippen LogP contribution in [0.15, 0.2) is 109 Å². The van der Waals surface area contributed by atoms with Crippen LogP contribution in [0.4, 0.5) is 13.2 Å². The maximum atomic E-state index is 13.9. The standard InChI is InChI=1S/C31H28F3NO/c1-22-16-18-25(19-17-22)30(27-14-8-9-15-28(27)31(32,33)34)36-26-20-35(21-26)29(23-10-4-2-5-11-23)24-12-6-3-7-13-24/h2-19,26,29-30H,20-21H2,1H3. The quantitative estimate of drug-likeness (QED) is 0.266. The van der Waals surface area contributed by atoms with E-state index in [1.807, 2.05) is 67.6 Å². The highest BCUT2D eigenvalue weighted by Gasteiger charge is 2.39. The molecule has 1 fully saturated rings. The number of hydrogen-bond donors (Lipinski definition) is 0. The Morgan fingerprint density at radius 2 is 1.22 bits per heavy atom. The normalized spacial score (nSPS) is 15.6. The van der Waals surface area contributed by atoms with Crippen LogP contribution in [0.3, 0.4) is 0 Å². The van der Waals surface area contributed by atoms with Gasteiger partial charge in [0.25, 0.3) is 0 Å². The summed E-state index contributed by atoms with van der Waals surface area (Å²) in [4.78, 5) is 2.32. The maximum absolute atomic E-state index is 13.9. The van der Waals surface area contributed by atoms with Gasteiger partial charge in [-0.15, -0.1) is 0 Å². The Morgan fingerprint density at radius 3 is 1.78 bits per heavy atom. The molecule has 1 atom stereocenters. The molecular weight excluding hydrogens is 459 g/mol. The second kappa shape index (κ2) is 10.3. The van der Waals surface area contributed by atoms with Crippen molar-refractivity contribution in [3.05, 3.63) is 143 Å². The molecule has 184 valence electrons. The van der Waals surface area contributed by atoms with E-state index < -0.39 is 17.8 Å². The molecule has 4 aromatic carbocycles. The van der Waals surface area contributed by atoms with Crippen molar-refractivity contribution in [2.45, 2.75) is 31.3 Å². The molecule has 1 saturated heterocycles. The van der Waals surface area contributed by atoms with Gasteiger partial charge >= 0.3 is 6.18 Å². The van der Waals surface area contributed by atoms with Gasteiger partial charge in [-0.05, 0) is 35.2 Å². The molecule has 0 N–H and O–H groups in total. The Bertz CT molecular complexity index is 1230. The third-order valence-corrected chi connectivity index (χ3v) is 6.73. The summed E-state index contributed by atoms with van der Waals surface area (Å²) in [6.07, 6.45) is -5.45. The molecule has 0 aromatic heterocycles. The van der Waals surface area contributed by atoms with E-state index in [9.17, 15) is 13.2 Å². The third kappa shape index (κ3) is 5.23. The van der Waals surface area contributed by atoms with Crippen LogP contribution >= 0.6 is 0 Å². The lowest BCUT2D eigenvalue weighted by atomic mass is 9.93. The van der Waals surface area contributed by atoms with Gasteiger partial charge in [0.15, 0.2) is 0 Å². The number of ether oxygens (including phenoxy) is 1. The van der Waals surface area contributed by atoms with Crippen LogP contribution in [-0.2, 0) is 10.9 Å². The molecular formula is C31H28F3NO. The molecule has 5 rings (SSSR count). The lowest BCUT2D eigenvalue weighted by Gasteiger charge is -2.45. The van der Waals surface area contributed by atoms with Gasteiger partial charge in [0.05, 0.1) is 17.7 Å². The Morgan fingerprint density at radius 1 is 0.694 bits per heavy atom. The topological polar surface area (TPSA) is 12.5 Å². The van der Waals surface area contributed by atoms with Crippen molar-refractivity contribution in [3.8, 4) is 0 Å². The number of aryl methyl sites for hydroxylation is 1. The number of likely N-dealkylation sites (tertiary alicyclic amines) is 1. The summed E-state index contributed by atoms with van der Waals surface area (Å²) in [5, 5.41) is 0. The van der Waals surface area contributed by atoms with Crippen molar-refractivity contribution in [1.82, 2.24) is 4.90 Å². The van der Waals surface area contributed by atoms with E-state index >= 15 is 0 Å². The molecule has 0 bridgehead atoms. The Labute approximate surface area is 210 Å². The summed E-state index contributed by atoms with van der Waals surface area (Å²) in [6, 6.07) is 33.9. The summed E-state index contributed by atoms with van der Waals surface area (Å²) >= 11 is 0. The van der Waals surface area contributed by atoms with Gasteiger partial charge in [0, 0.05) is 13.1 Å². The highest BCUT2D eigenvalue weighted by Crippen LogP contribution is 2.40. The maximum Gasteiger partial charge on any atom is 0.416 e. The number of alkyl halides is 3. The minimum absolute atomic E-state index is 0.0625. The zero-order chi connectivity index (χ0) is 25.1. The Kier molecular flexibility index (Phi) is 6.95. The highest BCUT2D eigenvalue weighted by molar-refractivity contribution is 5.39. The molecule has 5 heteroatoms. The summed E-state index contributed by atoms with van der Waals surface area (Å²) in [5.74, 6) is 0. The fourth-order valence-electron chi connectivity index (χ4n) is 4.90. The molecule has 1 heterocycles. The highest BCUT2D eigenvalue weighted by atomic mass is 19.4. The Hall–Kier alpha value is -3.41. The van der Waals surface area contributed by atoms with Crippen molar-refractivity contribution in [2.75, 3.05) is 13.1 Å². The first-order chi connectivity index (χ1) is 17.4. The van der Waals surface area contributed by atoms with E-state index in [-0.39, 0.29) is 17.7 Å². The zero-order valence-electron chi connectivity index (χ0n) is 20.0. The minimum atomic E-state index is -4.46. The number of nitrogens with zero attached hydrogens (tertiary/aromatic N) is 1. The molecule has 2 nitrogen and oxygen atoms in total. The first kappa shape index (κ1) is 24.3. The molecule has 0 saturated carbocycles. The van der Waals surface area contributed by atoms with Gasteiger partial charge in [-0.2, -0.15) is 13.2 Å². The molecule has 0 aliphatic carbocycles. The van der Waals surface area contributed by atoms with Gasteiger partial charge in [-0.25, -0.2) is 0 Å². The van der Waals surface area contributed by atoms with Crippen LogP contribution in [0.5, 0.6) is 0 Å². The average Bonchev–Trinajstić information content (AvgIpc) is 2.87. The van der Waals surface area contributed by atoms with Crippen molar-refractivity contribution in [3.63, 3.8) is 0 Å². The summed E-state index contributed by atoms with van der Waals surface area (Å²) in [6.45, 7) is 3.22. The molecule has 1 aliphatic heterocycles. The Balaban J connectivity index is 1.41. The summed E-state index contributed by atoms with van der Waals surface area (Å²) in [7, 11) is 0. The fraction of sp³-hybridized carbons (Fsp3) is 0.226. The number of rotatable bonds is 7. The molecule has 0 amide bonds. The van der Waals surface area contributed by atoms with E-state index in [4.69, 9.17) is 4.74 Å². The summed E-state index contributed by atoms with van der Waals surface area (Å²) < 4.78 is 48.1. The molecule has 4 aromatic rings. The summed E-state index contributed by atoms with van der Waals surface area (Å²) in [5.41, 5.74) is 3.62. The van der Waals surface area contributed by atoms with Crippen LogP contribution in [0, 0.1) is 6.92 Å². The minimum Gasteiger partial charge on any atom is -0.363 e. The van der Waals surface area contributed by atoms with Gasteiger partial charge in [-0.3, -0.25) is 4.90 Å². The first-order valence-electron chi connectivity index (χ1n) is 12.1. The predicted octanol–water partition coefficient (Wildman–Crippen LogP) is 7.59. The second-order valence-electron chi connectivity index (χ2n) is 9.31. The fourth-order valence-corrected chi connectivity index (χ4v) is 4.90. The van der Waals surface area contributed by atoms with Gasteiger partial charge in [0.2, 0.25) is 0 Å². The predicted molar refractivity (Wildman–Crippen MR) is 136 cm³/mol. The van der Waals surface area contributed by atoms with E-state index in [0.29, 0.717) is 13.1 Å². The number of benzene rings is 4. The molecule has 1 aliphatic rings. The van der Waals surface area contributed by atoms with E-state index in [0.717, 1.165) is 17.2 Å². The monoisotopic (exact) mass is 487 g/mol. The largest absolute Gasteiger partial charge is 0.416 e. The van der Waals surface area contributed by atoms with Crippen LogP contribution < -0.4 is 0 Å². The van der Waals surface area contributed by atoms with Crippen LogP contribution in [0.25, 0.3) is 0 Å². The van der Waals surface area contributed by atoms with Crippen molar-refractivity contribution >= 4 is 0 Å². The van der Waals surface area contributed by atoms with Gasteiger partial charge in [0.1, 0.15) is 6.10 Å². The molecule has 0 spiro atoms. The van der Waals surface area contributed by atoms with Gasteiger partial charge < -0.3 is 4.74 Å². The third-order valence-electron chi connectivity index (χ3n) is 6.73. The molecule has 1 unspecified atom stereocenters. The smallest absolute Gasteiger partial charge is 0.363 e. The van der Waals surface area contributed by atoms with Crippen LogP contribution in [0.2, 0.25) is 0 Å². The van der Waals surface area contributed by atoms with Gasteiger partial charge in [-0.1, -0.05) is 109 Å².